The molecule has 0 saturated heterocycles. The van der Waals surface area contributed by atoms with Crippen LogP contribution in [0.3, 0.4) is 0 Å². The minimum Gasteiger partial charge on any atom is -0.490 e. The summed E-state index contributed by atoms with van der Waals surface area (Å²) in [6.45, 7) is 3.38. The van der Waals surface area contributed by atoms with Gasteiger partial charge in [-0.1, -0.05) is 31.9 Å². The number of benzene rings is 1. The van der Waals surface area contributed by atoms with Gasteiger partial charge < -0.3 is 9.47 Å². The summed E-state index contributed by atoms with van der Waals surface area (Å²) in [5.41, 5.74) is 0.578. The molecule has 0 radical (unpaired) electrons. The van der Waals surface area contributed by atoms with E-state index in [1.807, 2.05) is 18.2 Å². The number of hydrogen-bond acceptors (Lipinski definition) is 3. The molecule has 2 rings (SSSR count). The zero-order valence-corrected chi connectivity index (χ0v) is 11.5. The molecule has 19 heavy (non-hydrogen) atoms. The van der Waals surface area contributed by atoms with E-state index >= 15 is 0 Å². The van der Waals surface area contributed by atoms with Gasteiger partial charge in [-0.25, -0.2) is 0 Å². The Labute approximate surface area is 115 Å². The quantitative estimate of drug-likeness (QED) is 0.760. The van der Waals surface area contributed by atoms with Crippen LogP contribution in [-0.4, -0.2) is 19.3 Å². The molecule has 2 atom stereocenters. The third-order valence-corrected chi connectivity index (χ3v) is 3.59. The van der Waals surface area contributed by atoms with Crippen LogP contribution in [0.1, 0.15) is 38.2 Å². The monoisotopic (exact) mass is 259 g/mol. The van der Waals surface area contributed by atoms with Gasteiger partial charge in [-0.3, -0.25) is 0 Å². The summed E-state index contributed by atoms with van der Waals surface area (Å²) >= 11 is 0. The van der Waals surface area contributed by atoms with Crippen molar-refractivity contribution in [2.75, 3.05) is 13.2 Å². The van der Waals surface area contributed by atoms with Crippen LogP contribution in [-0.2, 0) is 4.74 Å². The highest BCUT2D eigenvalue weighted by molar-refractivity contribution is 5.42. The van der Waals surface area contributed by atoms with Crippen molar-refractivity contribution >= 4 is 0 Å². The predicted molar refractivity (Wildman–Crippen MR) is 74.0 cm³/mol. The second kappa shape index (κ2) is 7.16. The second-order valence-corrected chi connectivity index (χ2v) is 5.22. The highest BCUT2D eigenvalue weighted by Crippen LogP contribution is 2.25. The highest BCUT2D eigenvalue weighted by atomic mass is 16.5. The molecule has 1 saturated carbocycles. The first-order valence-electron chi connectivity index (χ1n) is 7.03. The molecule has 1 aliphatic rings. The average Bonchev–Trinajstić information content (AvgIpc) is 2.44. The molecule has 0 spiro atoms. The molecule has 0 bridgehead atoms. The number of nitriles is 1. The lowest BCUT2D eigenvalue weighted by atomic mass is 9.89. The normalized spacial score (nSPS) is 22.7. The van der Waals surface area contributed by atoms with Crippen LogP contribution < -0.4 is 4.74 Å². The Balaban J connectivity index is 1.70. The van der Waals surface area contributed by atoms with E-state index < -0.39 is 0 Å². The first-order chi connectivity index (χ1) is 9.29. The van der Waals surface area contributed by atoms with E-state index in [1.54, 1.807) is 6.07 Å². The molecule has 0 amide bonds. The van der Waals surface area contributed by atoms with Crippen molar-refractivity contribution in [2.45, 2.75) is 38.7 Å². The molecule has 0 heterocycles. The first-order valence-corrected chi connectivity index (χ1v) is 7.03. The van der Waals surface area contributed by atoms with E-state index in [2.05, 4.69) is 13.0 Å². The van der Waals surface area contributed by atoms with Gasteiger partial charge in [0.25, 0.3) is 0 Å². The van der Waals surface area contributed by atoms with Crippen LogP contribution in [0, 0.1) is 17.2 Å². The summed E-state index contributed by atoms with van der Waals surface area (Å²) in [5.74, 6) is 1.42. The van der Waals surface area contributed by atoms with Crippen molar-refractivity contribution in [3.8, 4) is 11.8 Å². The van der Waals surface area contributed by atoms with E-state index in [9.17, 15) is 0 Å². The molecule has 1 aliphatic carbocycles. The van der Waals surface area contributed by atoms with E-state index in [1.165, 1.54) is 19.3 Å². The zero-order chi connectivity index (χ0) is 13.5. The van der Waals surface area contributed by atoms with Gasteiger partial charge in [-0.15, -0.1) is 0 Å². The lowest BCUT2D eigenvalue weighted by Gasteiger charge is -2.26. The molecule has 0 aliphatic heterocycles. The Bertz CT molecular complexity index is 439. The molecular formula is C16H21NO2. The van der Waals surface area contributed by atoms with Crippen LogP contribution in [0.4, 0.5) is 0 Å². The van der Waals surface area contributed by atoms with Crippen LogP contribution >= 0.6 is 0 Å². The van der Waals surface area contributed by atoms with Gasteiger partial charge in [0.1, 0.15) is 18.4 Å². The van der Waals surface area contributed by atoms with Crippen molar-refractivity contribution in [3.05, 3.63) is 29.8 Å². The van der Waals surface area contributed by atoms with E-state index in [0.717, 1.165) is 12.3 Å². The summed E-state index contributed by atoms with van der Waals surface area (Å²) in [4.78, 5) is 0. The summed E-state index contributed by atoms with van der Waals surface area (Å²) in [6, 6.07) is 9.42. The van der Waals surface area contributed by atoms with Gasteiger partial charge in [-0.2, -0.15) is 5.26 Å². The maximum absolute atomic E-state index is 8.95. The fourth-order valence-corrected chi connectivity index (χ4v) is 2.58. The third-order valence-electron chi connectivity index (χ3n) is 3.59. The molecule has 3 nitrogen and oxygen atoms in total. The second-order valence-electron chi connectivity index (χ2n) is 5.22. The number of para-hydroxylation sites is 1. The van der Waals surface area contributed by atoms with Crippen LogP contribution in [0.25, 0.3) is 0 Å². The molecule has 1 fully saturated rings. The molecular weight excluding hydrogens is 238 g/mol. The molecule has 0 N–H and O–H groups in total. The van der Waals surface area contributed by atoms with Crippen LogP contribution in [0.15, 0.2) is 24.3 Å². The number of hydrogen-bond donors (Lipinski definition) is 0. The van der Waals surface area contributed by atoms with Crippen molar-refractivity contribution in [3.63, 3.8) is 0 Å². The summed E-state index contributed by atoms with van der Waals surface area (Å²) in [7, 11) is 0. The maximum Gasteiger partial charge on any atom is 0.137 e. The standard InChI is InChI=1S/C16H21NO2/c1-13-5-4-7-15(11-13)18-9-10-19-16-8-3-2-6-14(16)12-17/h2-3,6,8,13,15H,4-5,7,9-11H2,1H3. The Hall–Kier alpha value is -1.53. The van der Waals surface area contributed by atoms with Gasteiger partial charge in [-0.05, 0) is 30.9 Å². The molecule has 1 aromatic rings. The smallest absolute Gasteiger partial charge is 0.137 e. The SMILES string of the molecule is CC1CCCC(OCCOc2ccccc2C#N)C1. The number of nitrogens with zero attached hydrogens (tertiary/aromatic N) is 1. The molecule has 102 valence electrons. The average molecular weight is 259 g/mol. The topological polar surface area (TPSA) is 42.2 Å². The summed E-state index contributed by atoms with van der Waals surface area (Å²) in [6.07, 6.45) is 5.31. The Morgan fingerprint density at radius 1 is 1.26 bits per heavy atom. The summed E-state index contributed by atoms with van der Waals surface area (Å²) in [5, 5.41) is 8.95. The molecule has 0 aromatic heterocycles. The van der Waals surface area contributed by atoms with Crippen molar-refractivity contribution in [2.24, 2.45) is 5.92 Å². The zero-order valence-electron chi connectivity index (χ0n) is 11.5. The van der Waals surface area contributed by atoms with Crippen molar-refractivity contribution in [1.29, 1.82) is 5.26 Å². The van der Waals surface area contributed by atoms with E-state index in [0.29, 0.717) is 30.6 Å². The third kappa shape index (κ3) is 4.25. The highest BCUT2D eigenvalue weighted by Gasteiger charge is 2.18. The first kappa shape index (κ1) is 13.9. The fourth-order valence-electron chi connectivity index (χ4n) is 2.58. The minimum atomic E-state index is 0.388. The van der Waals surface area contributed by atoms with Crippen molar-refractivity contribution < 1.29 is 9.47 Å². The van der Waals surface area contributed by atoms with E-state index in [4.69, 9.17) is 14.7 Å². The Kier molecular flexibility index (Phi) is 5.23. The van der Waals surface area contributed by atoms with Gasteiger partial charge in [0, 0.05) is 0 Å². The lowest BCUT2D eigenvalue weighted by molar-refractivity contribution is 0.00193. The van der Waals surface area contributed by atoms with Crippen LogP contribution in [0.5, 0.6) is 5.75 Å². The van der Waals surface area contributed by atoms with Crippen LogP contribution in [0.2, 0.25) is 0 Å². The number of ether oxygens (including phenoxy) is 2. The molecule has 1 aromatic carbocycles. The molecule has 3 heteroatoms. The molecule has 2 unspecified atom stereocenters. The Morgan fingerprint density at radius 2 is 2.11 bits per heavy atom. The van der Waals surface area contributed by atoms with E-state index in [-0.39, 0.29) is 0 Å². The van der Waals surface area contributed by atoms with Crippen molar-refractivity contribution in [1.82, 2.24) is 0 Å². The summed E-state index contributed by atoms with van der Waals surface area (Å²) < 4.78 is 11.4. The lowest BCUT2D eigenvalue weighted by Crippen LogP contribution is -2.23. The van der Waals surface area contributed by atoms with Gasteiger partial charge >= 0.3 is 0 Å². The fraction of sp³-hybridized carbons (Fsp3) is 0.562. The van der Waals surface area contributed by atoms with Gasteiger partial charge in [0.2, 0.25) is 0 Å². The Morgan fingerprint density at radius 3 is 2.89 bits per heavy atom. The minimum absolute atomic E-state index is 0.388. The van der Waals surface area contributed by atoms with Gasteiger partial charge in [0.05, 0.1) is 18.3 Å². The van der Waals surface area contributed by atoms with Gasteiger partial charge in [0.15, 0.2) is 0 Å². The number of rotatable bonds is 5. The predicted octanol–water partition coefficient (Wildman–Crippen LogP) is 3.53. The maximum atomic E-state index is 8.95. The largest absolute Gasteiger partial charge is 0.490 e.